The normalized spacial score (nSPS) is 10.5. The first-order valence-electron chi connectivity index (χ1n) is 6.01. The Morgan fingerprint density at radius 3 is 2.48 bits per heavy atom. The zero-order valence-electron chi connectivity index (χ0n) is 11.0. The van der Waals surface area contributed by atoms with E-state index in [9.17, 15) is 18.9 Å². The second kappa shape index (κ2) is 6.17. The summed E-state index contributed by atoms with van der Waals surface area (Å²) >= 11 is 3.27. The van der Waals surface area contributed by atoms with Crippen molar-refractivity contribution in [3.05, 3.63) is 67.7 Å². The smallest absolute Gasteiger partial charge is 0.274 e. The third kappa shape index (κ3) is 3.36. The number of nitro benzene ring substituents is 1. The van der Waals surface area contributed by atoms with Crippen molar-refractivity contribution in [2.45, 2.75) is 13.5 Å². The molecule has 0 amide bonds. The minimum absolute atomic E-state index is 0.0605. The van der Waals surface area contributed by atoms with Crippen LogP contribution in [0.4, 0.5) is 20.2 Å². The molecule has 0 radical (unpaired) electrons. The highest BCUT2D eigenvalue weighted by Crippen LogP contribution is 2.31. The van der Waals surface area contributed by atoms with Crippen molar-refractivity contribution in [2.75, 3.05) is 5.32 Å². The fourth-order valence-electron chi connectivity index (χ4n) is 1.88. The van der Waals surface area contributed by atoms with Gasteiger partial charge in [0.2, 0.25) is 0 Å². The van der Waals surface area contributed by atoms with E-state index in [1.165, 1.54) is 12.1 Å². The number of benzene rings is 2. The average molecular weight is 357 g/mol. The van der Waals surface area contributed by atoms with Crippen LogP contribution >= 0.6 is 15.9 Å². The topological polar surface area (TPSA) is 55.2 Å². The summed E-state index contributed by atoms with van der Waals surface area (Å²) in [5.74, 6) is -1.33. The van der Waals surface area contributed by atoms with E-state index in [0.717, 1.165) is 12.1 Å². The van der Waals surface area contributed by atoms with Gasteiger partial charge < -0.3 is 5.32 Å². The minimum Gasteiger partial charge on any atom is -0.380 e. The molecule has 0 aliphatic carbocycles. The summed E-state index contributed by atoms with van der Waals surface area (Å²) in [6, 6.07) is 6.51. The van der Waals surface area contributed by atoms with E-state index in [2.05, 4.69) is 21.2 Å². The Morgan fingerprint density at radius 1 is 1.29 bits per heavy atom. The van der Waals surface area contributed by atoms with E-state index in [-0.39, 0.29) is 17.8 Å². The molecule has 2 aromatic carbocycles. The lowest BCUT2D eigenvalue weighted by Gasteiger charge is -2.11. The Balaban J connectivity index is 2.28. The summed E-state index contributed by atoms with van der Waals surface area (Å²) in [6.45, 7) is 1.50. The molecular formula is C14H11BrF2N2O2. The third-order valence-corrected chi connectivity index (χ3v) is 3.66. The predicted molar refractivity (Wildman–Crippen MR) is 79.2 cm³/mol. The molecule has 0 saturated heterocycles. The second-order valence-corrected chi connectivity index (χ2v) is 5.28. The molecule has 0 bridgehead atoms. The van der Waals surface area contributed by atoms with Gasteiger partial charge in [0, 0.05) is 28.2 Å². The second-order valence-electron chi connectivity index (χ2n) is 4.43. The zero-order chi connectivity index (χ0) is 15.6. The molecule has 0 aliphatic rings. The number of hydrogen-bond acceptors (Lipinski definition) is 3. The van der Waals surface area contributed by atoms with Gasteiger partial charge >= 0.3 is 0 Å². The van der Waals surface area contributed by atoms with E-state index in [0.29, 0.717) is 15.7 Å². The minimum atomic E-state index is -0.666. The molecule has 21 heavy (non-hydrogen) atoms. The molecule has 7 heteroatoms. The Hall–Kier alpha value is -2.02. The quantitative estimate of drug-likeness (QED) is 0.645. The molecule has 0 spiro atoms. The van der Waals surface area contributed by atoms with Gasteiger partial charge in [0.25, 0.3) is 5.69 Å². The number of nitro groups is 1. The van der Waals surface area contributed by atoms with Crippen LogP contribution in [0.1, 0.15) is 11.1 Å². The van der Waals surface area contributed by atoms with E-state index in [1.807, 2.05) is 0 Å². The SMILES string of the molecule is Cc1cc(Br)c(NCc2c(F)cccc2F)cc1[N+](=O)[O-]. The Kier molecular flexibility index (Phi) is 4.52. The summed E-state index contributed by atoms with van der Waals surface area (Å²) < 4.78 is 27.6. The van der Waals surface area contributed by atoms with Crippen LogP contribution in [0.3, 0.4) is 0 Å². The summed E-state index contributed by atoms with van der Waals surface area (Å²) in [5.41, 5.74) is 0.715. The molecular weight excluding hydrogens is 346 g/mol. The molecule has 0 fully saturated rings. The molecule has 4 nitrogen and oxygen atoms in total. The Labute approximate surface area is 128 Å². The highest BCUT2D eigenvalue weighted by atomic mass is 79.9. The highest BCUT2D eigenvalue weighted by molar-refractivity contribution is 9.10. The van der Waals surface area contributed by atoms with E-state index < -0.39 is 16.6 Å². The Morgan fingerprint density at radius 2 is 1.90 bits per heavy atom. The number of nitrogens with one attached hydrogen (secondary N) is 1. The first-order valence-corrected chi connectivity index (χ1v) is 6.80. The van der Waals surface area contributed by atoms with Gasteiger partial charge in [-0.05, 0) is 41.1 Å². The van der Waals surface area contributed by atoms with Crippen molar-refractivity contribution >= 4 is 27.3 Å². The maximum atomic E-state index is 13.5. The van der Waals surface area contributed by atoms with E-state index >= 15 is 0 Å². The monoisotopic (exact) mass is 356 g/mol. The van der Waals surface area contributed by atoms with Gasteiger partial charge in [-0.25, -0.2) is 8.78 Å². The molecule has 0 aliphatic heterocycles. The molecule has 0 atom stereocenters. The molecule has 0 unspecified atom stereocenters. The number of hydrogen-bond donors (Lipinski definition) is 1. The number of nitrogens with zero attached hydrogens (tertiary/aromatic N) is 1. The summed E-state index contributed by atoms with van der Waals surface area (Å²) in [7, 11) is 0. The fraction of sp³-hybridized carbons (Fsp3) is 0.143. The largest absolute Gasteiger partial charge is 0.380 e. The highest BCUT2D eigenvalue weighted by Gasteiger charge is 2.15. The van der Waals surface area contributed by atoms with E-state index in [4.69, 9.17) is 0 Å². The van der Waals surface area contributed by atoms with Gasteiger partial charge in [0.1, 0.15) is 11.6 Å². The molecule has 2 rings (SSSR count). The lowest BCUT2D eigenvalue weighted by atomic mass is 10.1. The van der Waals surface area contributed by atoms with Crippen LogP contribution in [0.25, 0.3) is 0 Å². The number of rotatable bonds is 4. The van der Waals surface area contributed by atoms with Crippen molar-refractivity contribution in [1.82, 2.24) is 0 Å². The van der Waals surface area contributed by atoms with Crippen LogP contribution in [-0.2, 0) is 6.54 Å². The van der Waals surface area contributed by atoms with Crippen LogP contribution in [0.15, 0.2) is 34.8 Å². The lowest BCUT2D eigenvalue weighted by molar-refractivity contribution is -0.385. The number of aryl methyl sites for hydroxylation is 1. The summed E-state index contributed by atoms with van der Waals surface area (Å²) in [6.07, 6.45) is 0. The first kappa shape index (κ1) is 15.4. The standard InChI is InChI=1S/C14H11BrF2N2O2/c1-8-5-10(15)13(6-14(8)19(20)21)18-7-9-11(16)3-2-4-12(9)17/h2-6,18H,7H2,1H3. The van der Waals surface area contributed by atoms with Crippen LogP contribution < -0.4 is 5.32 Å². The van der Waals surface area contributed by atoms with Gasteiger partial charge in [0.15, 0.2) is 0 Å². The molecule has 0 saturated carbocycles. The molecule has 2 aromatic rings. The van der Waals surface area contributed by atoms with Gasteiger partial charge in [-0.1, -0.05) is 6.07 Å². The van der Waals surface area contributed by atoms with E-state index in [1.54, 1.807) is 13.0 Å². The molecule has 0 aromatic heterocycles. The van der Waals surface area contributed by atoms with Crippen molar-refractivity contribution in [2.24, 2.45) is 0 Å². The Bertz CT molecular complexity index is 687. The predicted octanol–water partition coefficient (Wildman–Crippen LogP) is 4.56. The maximum absolute atomic E-state index is 13.5. The van der Waals surface area contributed by atoms with Crippen LogP contribution in [0, 0.1) is 28.7 Å². The lowest BCUT2D eigenvalue weighted by Crippen LogP contribution is -2.05. The maximum Gasteiger partial charge on any atom is 0.274 e. The molecule has 110 valence electrons. The van der Waals surface area contributed by atoms with Gasteiger partial charge in [-0.3, -0.25) is 10.1 Å². The fourth-order valence-corrected chi connectivity index (χ4v) is 2.48. The number of anilines is 1. The van der Waals surface area contributed by atoms with Crippen LogP contribution in [-0.4, -0.2) is 4.92 Å². The zero-order valence-corrected chi connectivity index (χ0v) is 12.6. The van der Waals surface area contributed by atoms with Gasteiger partial charge in [-0.15, -0.1) is 0 Å². The van der Waals surface area contributed by atoms with Crippen molar-refractivity contribution < 1.29 is 13.7 Å². The van der Waals surface area contributed by atoms with Crippen molar-refractivity contribution in [3.63, 3.8) is 0 Å². The van der Waals surface area contributed by atoms with Crippen molar-refractivity contribution in [3.8, 4) is 0 Å². The molecule has 0 heterocycles. The van der Waals surface area contributed by atoms with Crippen LogP contribution in [0.2, 0.25) is 0 Å². The summed E-state index contributed by atoms with van der Waals surface area (Å²) in [4.78, 5) is 10.4. The average Bonchev–Trinajstić information content (AvgIpc) is 2.39. The van der Waals surface area contributed by atoms with Gasteiger partial charge in [0.05, 0.1) is 10.6 Å². The van der Waals surface area contributed by atoms with Gasteiger partial charge in [-0.2, -0.15) is 0 Å². The number of halogens is 3. The van der Waals surface area contributed by atoms with Crippen molar-refractivity contribution in [1.29, 1.82) is 0 Å². The summed E-state index contributed by atoms with van der Waals surface area (Å²) in [5, 5.41) is 13.7. The van der Waals surface area contributed by atoms with Crippen LogP contribution in [0.5, 0.6) is 0 Å². The third-order valence-electron chi connectivity index (χ3n) is 3.00. The molecule has 1 N–H and O–H groups in total. The first-order chi connectivity index (χ1) is 9.90.